The minimum atomic E-state index is -0.916. The van der Waals surface area contributed by atoms with Crippen LogP contribution in [0.4, 0.5) is 0 Å². The van der Waals surface area contributed by atoms with Gasteiger partial charge in [0.05, 0.1) is 5.92 Å². The van der Waals surface area contributed by atoms with E-state index in [1.54, 1.807) is 12.1 Å². The summed E-state index contributed by atoms with van der Waals surface area (Å²) >= 11 is 0. The third kappa shape index (κ3) is 2.51. The van der Waals surface area contributed by atoms with E-state index in [2.05, 4.69) is 0 Å². The second kappa shape index (κ2) is 5.48. The molecule has 0 bridgehead atoms. The van der Waals surface area contributed by atoms with Crippen molar-refractivity contribution in [3.63, 3.8) is 0 Å². The zero-order valence-electron chi connectivity index (χ0n) is 11.2. The van der Waals surface area contributed by atoms with Crippen molar-refractivity contribution >= 4 is 5.97 Å². The maximum atomic E-state index is 11.3. The number of rotatable bonds is 4. The summed E-state index contributed by atoms with van der Waals surface area (Å²) in [6.07, 6.45) is 0. The predicted molar refractivity (Wildman–Crippen MR) is 71.0 cm³/mol. The lowest BCUT2D eigenvalue weighted by molar-refractivity contribution is -0.138. The summed E-state index contributed by atoms with van der Waals surface area (Å²) in [5.41, 5.74) is 7.20. The number of fused-ring (bicyclic) bond motifs is 1. The van der Waals surface area contributed by atoms with Gasteiger partial charge in [-0.15, -0.1) is 0 Å². The van der Waals surface area contributed by atoms with Gasteiger partial charge in [0.1, 0.15) is 13.2 Å². The lowest BCUT2D eigenvalue weighted by atomic mass is 9.87. The highest BCUT2D eigenvalue weighted by molar-refractivity contribution is 5.78. The molecule has 1 heterocycles. The SMILES string of the molecule is CC(C)c1c(C(CN)C(=O)O)ccc2c1OCCO2. The fourth-order valence-electron chi connectivity index (χ4n) is 2.41. The molecule has 1 aromatic rings. The Morgan fingerprint density at radius 1 is 1.37 bits per heavy atom. The van der Waals surface area contributed by atoms with Crippen molar-refractivity contribution < 1.29 is 19.4 Å². The summed E-state index contributed by atoms with van der Waals surface area (Å²) in [5, 5.41) is 9.28. The monoisotopic (exact) mass is 265 g/mol. The first-order valence-corrected chi connectivity index (χ1v) is 6.41. The molecule has 0 saturated carbocycles. The van der Waals surface area contributed by atoms with Gasteiger partial charge in [0.25, 0.3) is 0 Å². The van der Waals surface area contributed by atoms with Gasteiger partial charge in [-0.1, -0.05) is 19.9 Å². The van der Waals surface area contributed by atoms with E-state index < -0.39 is 11.9 Å². The smallest absolute Gasteiger partial charge is 0.312 e. The van der Waals surface area contributed by atoms with Gasteiger partial charge in [-0.05, 0) is 17.5 Å². The molecule has 1 aliphatic rings. The fourth-order valence-corrected chi connectivity index (χ4v) is 2.41. The van der Waals surface area contributed by atoms with E-state index in [-0.39, 0.29) is 12.5 Å². The van der Waals surface area contributed by atoms with E-state index in [0.29, 0.717) is 30.3 Å². The first kappa shape index (κ1) is 13.7. The molecule has 3 N–H and O–H groups in total. The normalized spacial score (nSPS) is 15.4. The third-order valence-electron chi connectivity index (χ3n) is 3.27. The van der Waals surface area contributed by atoms with E-state index in [9.17, 15) is 9.90 Å². The number of ether oxygens (including phenoxy) is 2. The van der Waals surface area contributed by atoms with Crippen LogP contribution in [0.5, 0.6) is 11.5 Å². The number of aliphatic carboxylic acids is 1. The number of hydrogen-bond acceptors (Lipinski definition) is 4. The molecular weight excluding hydrogens is 246 g/mol. The average Bonchev–Trinajstić information content (AvgIpc) is 2.38. The number of carboxylic acid groups (broad SMARTS) is 1. The molecule has 0 aliphatic carbocycles. The number of carbonyl (C=O) groups is 1. The van der Waals surface area contributed by atoms with E-state index in [1.165, 1.54) is 0 Å². The van der Waals surface area contributed by atoms with Crippen LogP contribution >= 0.6 is 0 Å². The summed E-state index contributed by atoms with van der Waals surface area (Å²) < 4.78 is 11.2. The molecule has 0 spiro atoms. The number of nitrogens with two attached hydrogens (primary N) is 1. The van der Waals surface area contributed by atoms with Gasteiger partial charge >= 0.3 is 5.97 Å². The highest BCUT2D eigenvalue weighted by Crippen LogP contribution is 2.42. The van der Waals surface area contributed by atoms with Crippen molar-refractivity contribution in [3.05, 3.63) is 23.3 Å². The minimum absolute atomic E-state index is 0.0642. The van der Waals surface area contributed by atoms with Crippen molar-refractivity contribution in [3.8, 4) is 11.5 Å². The Balaban J connectivity index is 2.57. The second-order valence-corrected chi connectivity index (χ2v) is 4.87. The third-order valence-corrected chi connectivity index (χ3v) is 3.27. The largest absolute Gasteiger partial charge is 0.486 e. The van der Waals surface area contributed by atoms with E-state index in [1.807, 2.05) is 13.8 Å². The minimum Gasteiger partial charge on any atom is -0.486 e. The van der Waals surface area contributed by atoms with Crippen LogP contribution in [0.2, 0.25) is 0 Å². The molecule has 1 aliphatic heterocycles. The number of benzene rings is 1. The van der Waals surface area contributed by atoms with Gasteiger partial charge in [0.15, 0.2) is 11.5 Å². The molecule has 1 atom stereocenters. The van der Waals surface area contributed by atoms with Crippen LogP contribution in [0.1, 0.15) is 36.8 Å². The van der Waals surface area contributed by atoms with Gasteiger partial charge in [-0.2, -0.15) is 0 Å². The Hall–Kier alpha value is -1.75. The van der Waals surface area contributed by atoms with Crippen LogP contribution in [0.25, 0.3) is 0 Å². The van der Waals surface area contributed by atoms with Crippen LogP contribution in [0, 0.1) is 0 Å². The van der Waals surface area contributed by atoms with Crippen molar-refractivity contribution in [1.29, 1.82) is 0 Å². The molecule has 1 aromatic carbocycles. The molecule has 0 aromatic heterocycles. The Labute approximate surface area is 112 Å². The Kier molecular flexibility index (Phi) is 3.95. The van der Waals surface area contributed by atoms with Gasteiger partial charge in [-0.3, -0.25) is 4.79 Å². The molecule has 5 heteroatoms. The van der Waals surface area contributed by atoms with E-state index in [0.717, 1.165) is 5.56 Å². The van der Waals surface area contributed by atoms with Gasteiger partial charge in [0, 0.05) is 12.1 Å². The Bertz CT molecular complexity index is 485. The van der Waals surface area contributed by atoms with Gasteiger partial charge < -0.3 is 20.3 Å². The van der Waals surface area contributed by atoms with E-state index >= 15 is 0 Å². The second-order valence-electron chi connectivity index (χ2n) is 4.87. The Morgan fingerprint density at radius 2 is 2.05 bits per heavy atom. The molecular formula is C14H19NO4. The van der Waals surface area contributed by atoms with Crippen molar-refractivity contribution in [1.82, 2.24) is 0 Å². The van der Waals surface area contributed by atoms with Crippen LogP contribution < -0.4 is 15.2 Å². The summed E-state index contributed by atoms with van der Waals surface area (Å²) in [5.74, 6) is -0.146. The zero-order chi connectivity index (χ0) is 14.0. The molecule has 0 amide bonds. The standard InChI is InChI=1S/C14H19NO4/c1-8(2)12-9(10(7-15)14(16)17)3-4-11-13(12)19-6-5-18-11/h3-4,8,10H,5-7,15H2,1-2H3,(H,16,17). The molecule has 2 rings (SSSR count). The Morgan fingerprint density at radius 3 is 2.63 bits per heavy atom. The molecule has 5 nitrogen and oxygen atoms in total. The molecule has 19 heavy (non-hydrogen) atoms. The predicted octanol–water partition coefficient (Wildman–Crippen LogP) is 1.71. The van der Waals surface area contributed by atoms with Crippen molar-refractivity contribution in [2.45, 2.75) is 25.7 Å². The molecule has 0 radical (unpaired) electrons. The highest BCUT2D eigenvalue weighted by atomic mass is 16.6. The molecule has 1 unspecified atom stereocenters. The quantitative estimate of drug-likeness (QED) is 0.866. The lowest BCUT2D eigenvalue weighted by Gasteiger charge is -2.26. The topological polar surface area (TPSA) is 81.8 Å². The average molecular weight is 265 g/mol. The van der Waals surface area contributed by atoms with Gasteiger partial charge in [0.2, 0.25) is 0 Å². The molecule has 0 saturated heterocycles. The van der Waals surface area contributed by atoms with Crippen LogP contribution in [-0.4, -0.2) is 30.8 Å². The number of hydrogen-bond donors (Lipinski definition) is 2. The highest BCUT2D eigenvalue weighted by Gasteiger charge is 2.28. The first-order chi connectivity index (χ1) is 9.06. The lowest BCUT2D eigenvalue weighted by Crippen LogP contribution is -2.24. The van der Waals surface area contributed by atoms with Crippen LogP contribution in [0.3, 0.4) is 0 Å². The summed E-state index contributed by atoms with van der Waals surface area (Å²) in [6.45, 7) is 5.08. The van der Waals surface area contributed by atoms with Crippen molar-refractivity contribution in [2.75, 3.05) is 19.8 Å². The molecule has 0 fully saturated rings. The van der Waals surface area contributed by atoms with E-state index in [4.69, 9.17) is 15.2 Å². The molecule has 104 valence electrons. The number of carboxylic acids is 1. The maximum Gasteiger partial charge on any atom is 0.312 e. The maximum absolute atomic E-state index is 11.3. The summed E-state index contributed by atoms with van der Waals surface area (Å²) in [7, 11) is 0. The fraction of sp³-hybridized carbons (Fsp3) is 0.500. The van der Waals surface area contributed by atoms with Crippen molar-refractivity contribution in [2.24, 2.45) is 5.73 Å². The zero-order valence-corrected chi connectivity index (χ0v) is 11.2. The summed E-state index contributed by atoms with van der Waals surface area (Å²) in [6, 6.07) is 3.55. The van der Waals surface area contributed by atoms with Crippen LogP contribution in [-0.2, 0) is 4.79 Å². The van der Waals surface area contributed by atoms with Crippen LogP contribution in [0.15, 0.2) is 12.1 Å². The summed E-state index contributed by atoms with van der Waals surface area (Å²) in [4.78, 5) is 11.3. The first-order valence-electron chi connectivity index (χ1n) is 6.41. The van der Waals surface area contributed by atoms with Gasteiger partial charge in [-0.25, -0.2) is 0 Å².